The van der Waals surface area contributed by atoms with Crippen molar-refractivity contribution in [3.63, 3.8) is 0 Å². The van der Waals surface area contributed by atoms with Crippen molar-refractivity contribution < 1.29 is 21.6 Å². The second-order valence-electron chi connectivity index (χ2n) is 6.57. The van der Waals surface area contributed by atoms with Gasteiger partial charge in [0.1, 0.15) is 5.71 Å². The first kappa shape index (κ1) is 23.1. The van der Waals surface area contributed by atoms with Crippen LogP contribution in [0.4, 0.5) is 18.9 Å². The van der Waals surface area contributed by atoms with Gasteiger partial charge in [0.2, 0.25) is 0 Å². The standard InChI is InChI=1S/C21H16ClF3N2O2S2/c1-31(28,29)15-6-4-5-13(9-15)14-10-19(30-12-14)18(11-20(26)21(23,24)25)27-17-8-3-2-7-16(17)22/h2-12,26-27H,1H3/b18-11-,26-20?. The summed E-state index contributed by atoms with van der Waals surface area (Å²) < 4.78 is 62.6. The number of alkyl halides is 3. The summed E-state index contributed by atoms with van der Waals surface area (Å²) in [5.41, 5.74) is 0.158. The van der Waals surface area contributed by atoms with E-state index in [0.29, 0.717) is 32.8 Å². The normalized spacial score (nSPS) is 12.6. The van der Waals surface area contributed by atoms with Gasteiger partial charge in [0.05, 0.1) is 26.2 Å². The van der Waals surface area contributed by atoms with Crippen LogP contribution in [0.5, 0.6) is 0 Å². The Kier molecular flexibility index (Phi) is 6.59. The van der Waals surface area contributed by atoms with E-state index in [4.69, 9.17) is 17.0 Å². The zero-order valence-corrected chi connectivity index (χ0v) is 18.4. The minimum atomic E-state index is -4.81. The fraction of sp³-hybridized carbons (Fsp3) is 0.0952. The second-order valence-corrected chi connectivity index (χ2v) is 9.91. The number of hydrogen-bond donors (Lipinski definition) is 2. The molecule has 0 amide bonds. The first-order valence-corrected chi connectivity index (χ1v) is 11.9. The molecule has 0 bridgehead atoms. The third-order valence-electron chi connectivity index (χ3n) is 4.20. The van der Waals surface area contributed by atoms with Crippen LogP contribution in [0.3, 0.4) is 0 Å². The number of sulfone groups is 1. The molecule has 4 nitrogen and oxygen atoms in total. The molecule has 3 aromatic rings. The Morgan fingerprint density at radius 3 is 2.45 bits per heavy atom. The maximum atomic E-state index is 13.0. The smallest absolute Gasteiger partial charge is 0.353 e. The minimum Gasteiger partial charge on any atom is -0.353 e. The summed E-state index contributed by atoms with van der Waals surface area (Å²) in [5, 5.41) is 12.3. The molecule has 1 aromatic heterocycles. The van der Waals surface area contributed by atoms with Crippen molar-refractivity contribution in [2.75, 3.05) is 11.6 Å². The molecule has 162 valence electrons. The summed E-state index contributed by atoms with van der Waals surface area (Å²) in [5.74, 6) is 0. The van der Waals surface area contributed by atoms with E-state index in [1.807, 2.05) is 0 Å². The maximum absolute atomic E-state index is 13.0. The summed E-state index contributed by atoms with van der Waals surface area (Å²) >= 11 is 7.28. The first-order chi connectivity index (χ1) is 14.4. The van der Waals surface area contributed by atoms with Gasteiger partial charge in [-0.2, -0.15) is 13.2 Å². The number of nitrogens with one attached hydrogen (secondary N) is 2. The monoisotopic (exact) mass is 484 g/mol. The SMILES string of the molecule is CS(=O)(=O)c1cccc(-c2csc(/C(=C/C(=N)C(F)(F)F)Nc3ccccc3Cl)c2)c1. The Bertz CT molecular complexity index is 1270. The van der Waals surface area contributed by atoms with E-state index >= 15 is 0 Å². The number of anilines is 1. The predicted octanol–water partition coefficient (Wildman–Crippen LogP) is 6.51. The lowest BCUT2D eigenvalue weighted by molar-refractivity contribution is -0.0583. The van der Waals surface area contributed by atoms with Crippen LogP contribution in [-0.4, -0.2) is 26.6 Å². The molecule has 10 heteroatoms. The van der Waals surface area contributed by atoms with E-state index in [1.165, 1.54) is 12.1 Å². The molecule has 0 fully saturated rings. The van der Waals surface area contributed by atoms with Gasteiger partial charge >= 0.3 is 6.18 Å². The molecule has 0 saturated heterocycles. The summed E-state index contributed by atoms with van der Waals surface area (Å²) in [6.07, 6.45) is -3.01. The van der Waals surface area contributed by atoms with Crippen LogP contribution in [0.1, 0.15) is 4.88 Å². The molecule has 0 atom stereocenters. The number of benzene rings is 2. The average molecular weight is 485 g/mol. The van der Waals surface area contributed by atoms with Crippen LogP contribution in [0.2, 0.25) is 5.02 Å². The molecule has 0 aliphatic heterocycles. The molecule has 2 aromatic carbocycles. The summed E-state index contributed by atoms with van der Waals surface area (Å²) in [6.45, 7) is 0. The maximum Gasteiger partial charge on any atom is 0.432 e. The Hall–Kier alpha value is -2.62. The molecule has 0 unspecified atom stereocenters. The zero-order chi connectivity index (χ0) is 22.8. The van der Waals surface area contributed by atoms with Crippen LogP contribution in [-0.2, 0) is 9.84 Å². The van der Waals surface area contributed by atoms with Crippen molar-refractivity contribution in [1.82, 2.24) is 0 Å². The average Bonchev–Trinajstić information content (AvgIpc) is 3.18. The van der Waals surface area contributed by atoms with Crippen LogP contribution < -0.4 is 5.32 Å². The van der Waals surface area contributed by atoms with Gasteiger partial charge in [0, 0.05) is 6.26 Å². The van der Waals surface area contributed by atoms with Crippen molar-refractivity contribution in [2.24, 2.45) is 0 Å². The number of allylic oxidation sites excluding steroid dienone is 1. The number of rotatable bonds is 6. The molecule has 0 aliphatic carbocycles. The van der Waals surface area contributed by atoms with Crippen molar-refractivity contribution in [3.05, 3.63) is 76.0 Å². The van der Waals surface area contributed by atoms with Gasteiger partial charge in [-0.05, 0) is 52.9 Å². The van der Waals surface area contributed by atoms with E-state index in [2.05, 4.69) is 5.32 Å². The lowest BCUT2D eigenvalue weighted by Crippen LogP contribution is -2.20. The number of hydrogen-bond acceptors (Lipinski definition) is 5. The topological polar surface area (TPSA) is 70.0 Å². The van der Waals surface area contributed by atoms with Crippen LogP contribution in [0, 0.1) is 5.41 Å². The minimum absolute atomic E-state index is 0.0472. The second kappa shape index (κ2) is 8.86. The Balaban J connectivity index is 2.03. The Labute approximate surface area is 186 Å². The zero-order valence-electron chi connectivity index (χ0n) is 16.0. The molecule has 2 N–H and O–H groups in total. The summed E-state index contributed by atoms with van der Waals surface area (Å²) in [6, 6.07) is 14.5. The highest BCUT2D eigenvalue weighted by molar-refractivity contribution is 7.90. The van der Waals surface area contributed by atoms with Crippen molar-refractivity contribution >= 4 is 49.9 Å². The predicted molar refractivity (Wildman–Crippen MR) is 120 cm³/mol. The summed E-state index contributed by atoms with van der Waals surface area (Å²) in [7, 11) is -3.41. The van der Waals surface area contributed by atoms with Gasteiger partial charge in [0.15, 0.2) is 9.84 Å². The molecule has 0 radical (unpaired) electrons. The number of para-hydroxylation sites is 1. The molecule has 3 rings (SSSR count). The lowest BCUT2D eigenvalue weighted by atomic mass is 10.1. The molecule has 0 aliphatic rings. The quantitative estimate of drug-likeness (QED) is 0.392. The van der Waals surface area contributed by atoms with Crippen molar-refractivity contribution in [2.45, 2.75) is 11.1 Å². The number of halogens is 4. The Morgan fingerprint density at radius 2 is 1.81 bits per heavy atom. The summed E-state index contributed by atoms with van der Waals surface area (Å²) in [4.78, 5) is 0.565. The third-order valence-corrected chi connectivity index (χ3v) is 6.60. The molecular weight excluding hydrogens is 469 g/mol. The van der Waals surface area contributed by atoms with Gasteiger partial charge in [-0.1, -0.05) is 35.9 Å². The van der Waals surface area contributed by atoms with E-state index < -0.39 is 21.7 Å². The lowest BCUT2D eigenvalue weighted by Gasteiger charge is -2.13. The van der Waals surface area contributed by atoms with E-state index in [-0.39, 0.29) is 10.6 Å². The van der Waals surface area contributed by atoms with Gasteiger partial charge < -0.3 is 5.32 Å². The molecule has 0 saturated carbocycles. The molecule has 31 heavy (non-hydrogen) atoms. The van der Waals surface area contributed by atoms with Gasteiger partial charge in [-0.3, -0.25) is 5.41 Å². The van der Waals surface area contributed by atoms with Crippen LogP contribution in [0.25, 0.3) is 16.8 Å². The highest BCUT2D eigenvalue weighted by atomic mass is 35.5. The highest BCUT2D eigenvalue weighted by Gasteiger charge is 2.33. The largest absolute Gasteiger partial charge is 0.432 e. The van der Waals surface area contributed by atoms with Crippen molar-refractivity contribution in [1.29, 1.82) is 5.41 Å². The van der Waals surface area contributed by atoms with Gasteiger partial charge in [-0.25, -0.2) is 8.42 Å². The molecule has 0 spiro atoms. The van der Waals surface area contributed by atoms with E-state index in [9.17, 15) is 21.6 Å². The fourth-order valence-electron chi connectivity index (χ4n) is 2.64. The first-order valence-electron chi connectivity index (χ1n) is 8.73. The molecular formula is C21H16ClF3N2O2S2. The number of thiophene rings is 1. The van der Waals surface area contributed by atoms with E-state index in [0.717, 1.165) is 17.6 Å². The Morgan fingerprint density at radius 1 is 1.10 bits per heavy atom. The van der Waals surface area contributed by atoms with E-state index in [1.54, 1.807) is 47.8 Å². The fourth-order valence-corrected chi connectivity index (χ4v) is 4.38. The highest BCUT2D eigenvalue weighted by Crippen LogP contribution is 2.34. The van der Waals surface area contributed by atoms with Crippen LogP contribution in [0.15, 0.2) is 70.9 Å². The third kappa shape index (κ3) is 5.75. The van der Waals surface area contributed by atoms with Crippen LogP contribution >= 0.6 is 22.9 Å². The van der Waals surface area contributed by atoms with Gasteiger partial charge in [-0.15, -0.1) is 11.3 Å². The van der Waals surface area contributed by atoms with Gasteiger partial charge in [0.25, 0.3) is 0 Å². The van der Waals surface area contributed by atoms with Crippen molar-refractivity contribution in [3.8, 4) is 11.1 Å². The molecule has 1 heterocycles.